The van der Waals surface area contributed by atoms with Crippen molar-refractivity contribution in [2.24, 2.45) is 0 Å². The Bertz CT molecular complexity index is 602. The second-order valence-electron chi connectivity index (χ2n) is 3.38. The highest BCUT2D eigenvalue weighted by Gasteiger charge is 2.12. The molecule has 0 aliphatic carbocycles. The number of hydrogen-bond acceptors (Lipinski definition) is 3. The minimum Gasteiger partial charge on any atom is -0.396 e. The molecule has 0 saturated heterocycles. The third-order valence-electron chi connectivity index (χ3n) is 2.22. The number of nitrogens with two attached hydrogens (primary N) is 1. The summed E-state index contributed by atoms with van der Waals surface area (Å²) in [6, 6.07) is 9.51. The highest BCUT2D eigenvalue weighted by molar-refractivity contribution is 6.30. The smallest absolute Gasteiger partial charge is 0.172 e. The molecule has 84 valence electrons. The molecule has 0 aliphatic heterocycles. The number of nitrogens with zero attached hydrogens (tertiary/aromatic N) is 2. The van der Waals surface area contributed by atoms with E-state index in [-0.39, 0.29) is 17.1 Å². The number of benzene rings is 1. The summed E-state index contributed by atoms with van der Waals surface area (Å²) in [7, 11) is 0. The van der Waals surface area contributed by atoms with E-state index in [4.69, 9.17) is 22.6 Å². The zero-order valence-electron chi connectivity index (χ0n) is 8.61. The van der Waals surface area contributed by atoms with Crippen LogP contribution in [0.4, 0.5) is 10.1 Å². The van der Waals surface area contributed by atoms with Gasteiger partial charge in [0.1, 0.15) is 17.5 Å². The summed E-state index contributed by atoms with van der Waals surface area (Å²) in [5.41, 5.74) is 6.03. The Morgan fingerprint density at radius 2 is 1.94 bits per heavy atom. The molecule has 3 nitrogen and oxygen atoms in total. The molecule has 1 heterocycles. The van der Waals surface area contributed by atoms with Gasteiger partial charge in [-0.15, -0.1) is 0 Å². The molecular weight excluding hydrogens is 241 g/mol. The molecule has 1 aromatic heterocycles. The SMILES string of the molecule is N#Cc1cc(N)c(F)c(-c2ccc(Cl)cc2)n1. The number of nitriles is 1. The molecule has 0 atom stereocenters. The van der Waals surface area contributed by atoms with Gasteiger partial charge in [-0.05, 0) is 12.1 Å². The van der Waals surface area contributed by atoms with E-state index in [2.05, 4.69) is 4.98 Å². The van der Waals surface area contributed by atoms with Crippen LogP contribution in [0, 0.1) is 17.1 Å². The van der Waals surface area contributed by atoms with Crippen LogP contribution in [0.1, 0.15) is 5.69 Å². The van der Waals surface area contributed by atoms with E-state index in [9.17, 15) is 4.39 Å². The van der Waals surface area contributed by atoms with E-state index >= 15 is 0 Å². The minimum absolute atomic E-state index is 0.0539. The summed E-state index contributed by atoms with van der Waals surface area (Å²) in [5.74, 6) is -0.633. The molecule has 1 aromatic carbocycles. The van der Waals surface area contributed by atoms with Crippen LogP contribution in [-0.4, -0.2) is 4.98 Å². The summed E-state index contributed by atoms with van der Waals surface area (Å²) in [4.78, 5) is 3.89. The zero-order chi connectivity index (χ0) is 12.4. The van der Waals surface area contributed by atoms with E-state index in [1.807, 2.05) is 6.07 Å². The molecule has 0 spiro atoms. The van der Waals surface area contributed by atoms with Gasteiger partial charge in [0.25, 0.3) is 0 Å². The van der Waals surface area contributed by atoms with Crippen LogP contribution in [0.25, 0.3) is 11.3 Å². The second kappa shape index (κ2) is 4.40. The van der Waals surface area contributed by atoms with Gasteiger partial charge in [-0.1, -0.05) is 23.7 Å². The molecule has 2 rings (SSSR count). The minimum atomic E-state index is -0.633. The first-order chi connectivity index (χ1) is 8.11. The molecule has 2 aromatic rings. The van der Waals surface area contributed by atoms with Gasteiger partial charge in [0.2, 0.25) is 0 Å². The molecule has 0 bridgehead atoms. The van der Waals surface area contributed by atoms with Gasteiger partial charge in [0.05, 0.1) is 5.69 Å². The average molecular weight is 248 g/mol. The average Bonchev–Trinajstić information content (AvgIpc) is 2.34. The summed E-state index contributed by atoms with van der Waals surface area (Å²) >= 11 is 5.74. The van der Waals surface area contributed by atoms with Gasteiger partial charge in [-0.2, -0.15) is 5.26 Å². The number of nitrogen functional groups attached to an aromatic ring is 1. The van der Waals surface area contributed by atoms with Crippen molar-refractivity contribution in [3.63, 3.8) is 0 Å². The van der Waals surface area contributed by atoms with Crippen molar-refractivity contribution in [2.45, 2.75) is 0 Å². The fraction of sp³-hybridized carbons (Fsp3) is 0. The summed E-state index contributed by atoms with van der Waals surface area (Å²) in [6.07, 6.45) is 0. The molecule has 0 amide bonds. The number of hydrogen-bond donors (Lipinski definition) is 1. The summed E-state index contributed by atoms with van der Waals surface area (Å²) < 4.78 is 13.8. The Hall–Kier alpha value is -2.12. The molecule has 0 radical (unpaired) electrons. The van der Waals surface area contributed by atoms with E-state index < -0.39 is 5.82 Å². The lowest BCUT2D eigenvalue weighted by molar-refractivity contribution is 0.630. The maximum atomic E-state index is 13.8. The first-order valence-corrected chi connectivity index (χ1v) is 5.11. The lowest BCUT2D eigenvalue weighted by Gasteiger charge is -2.05. The van der Waals surface area contributed by atoms with Crippen LogP contribution in [-0.2, 0) is 0 Å². The van der Waals surface area contributed by atoms with E-state index in [0.717, 1.165) is 0 Å². The zero-order valence-corrected chi connectivity index (χ0v) is 9.37. The topological polar surface area (TPSA) is 62.7 Å². The molecule has 0 saturated carbocycles. The maximum absolute atomic E-state index is 13.8. The molecular formula is C12H7ClFN3. The van der Waals surface area contributed by atoms with Crippen molar-refractivity contribution in [2.75, 3.05) is 5.73 Å². The van der Waals surface area contributed by atoms with E-state index in [1.165, 1.54) is 6.07 Å². The van der Waals surface area contributed by atoms with Crippen molar-refractivity contribution in [3.8, 4) is 17.3 Å². The largest absolute Gasteiger partial charge is 0.396 e. The monoisotopic (exact) mass is 247 g/mol. The molecule has 5 heteroatoms. The van der Waals surface area contributed by atoms with Crippen molar-refractivity contribution >= 4 is 17.3 Å². The first kappa shape index (κ1) is 11.4. The van der Waals surface area contributed by atoms with Gasteiger partial charge in [0, 0.05) is 16.7 Å². The Morgan fingerprint density at radius 1 is 1.29 bits per heavy atom. The highest BCUT2D eigenvalue weighted by atomic mass is 35.5. The number of aromatic nitrogens is 1. The molecule has 0 fully saturated rings. The van der Waals surface area contributed by atoms with Crippen LogP contribution >= 0.6 is 11.6 Å². The van der Waals surface area contributed by atoms with Gasteiger partial charge >= 0.3 is 0 Å². The number of anilines is 1. The van der Waals surface area contributed by atoms with Gasteiger partial charge < -0.3 is 5.73 Å². The number of pyridine rings is 1. The third kappa shape index (κ3) is 2.19. The van der Waals surface area contributed by atoms with Crippen LogP contribution in [0.15, 0.2) is 30.3 Å². The second-order valence-corrected chi connectivity index (χ2v) is 3.81. The lowest BCUT2D eigenvalue weighted by atomic mass is 10.1. The number of halogens is 2. The van der Waals surface area contributed by atoms with Crippen molar-refractivity contribution < 1.29 is 4.39 Å². The van der Waals surface area contributed by atoms with Crippen molar-refractivity contribution in [1.82, 2.24) is 4.98 Å². The van der Waals surface area contributed by atoms with Crippen LogP contribution in [0.5, 0.6) is 0 Å². The Morgan fingerprint density at radius 3 is 2.53 bits per heavy atom. The fourth-order valence-electron chi connectivity index (χ4n) is 1.41. The van der Waals surface area contributed by atoms with Crippen molar-refractivity contribution in [1.29, 1.82) is 5.26 Å². The predicted molar refractivity (Wildman–Crippen MR) is 63.8 cm³/mol. The van der Waals surface area contributed by atoms with E-state index in [1.54, 1.807) is 24.3 Å². The van der Waals surface area contributed by atoms with Gasteiger partial charge in [-0.25, -0.2) is 9.37 Å². The van der Waals surface area contributed by atoms with Crippen LogP contribution in [0.2, 0.25) is 5.02 Å². The normalized spacial score (nSPS) is 9.94. The number of rotatable bonds is 1. The van der Waals surface area contributed by atoms with Crippen LogP contribution in [0.3, 0.4) is 0 Å². The third-order valence-corrected chi connectivity index (χ3v) is 2.47. The molecule has 17 heavy (non-hydrogen) atoms. The highest BCUT2D eigenvalue weighted by Crippen LogP contribution is 2.26. The summed E-state index contributed by atoms with van der Waals surface area (Å²) in [5, 5.41) is 9.30. The quantitative estimate of drug-likeness (QED) is 0.843. The first-order valence-electron chi connectivity index (χ1n) is 4.74. The fourth-order valence-corrected chi connectivity index (χ4v) is 1.53. The Balaban J connectivity index is 2.63. The summed E-state index contributed by atoms with van der Waals surface area (Å²) in [6.45, 7) is 0. The standard InChI is InChI=1S/C12H7ClFN3/c13-8-3-1-7(2-4-8)12-11(14)10(16)5-9(6-15)17-12/h1-5H,(H2,16,17). The maximum Gasteiger partial charge on any atom is 0.172 e. The predicted octanol–water partition coefficient (Wildman–Crippen LogP) is 2.99. The van der Waals surface area contributed by atoms with Crippen LogP contribution < -0.4 is 5.73 Å². The van der Waals surface area contributed by atoms with Crippen molar-refractivity contribution in [3.05, 3.63) is 46.9 Å². The lowest BCUT2D eigenvalue weighted by Crippen LogP contribution is -1.99. The molecule has 0 aliphatic rings. The Labute approximate surface area is 102 Å². The van der Waals surface area contributed by atoms with Gasteiger partial charge in [-0.3, -0.25) is 0 Å². The van der Waals surface area contributed by atoms with E-state index in [0.29, 0.717) is 10.6 Å². The molecule has 2 N–H and O–H groups in total. The molecule has 0 unspecified atom stereocenters. The Kier molecular flexibility index (Phi) is 2.94. The van der Waals surface area contributed by atoms with Gasteiger partial charge in [0.15, 0.2) is 5.82 Å².